The maximum absolute atomic E-state index is 12.5. The molecule has 0 heterocycles. The van der Waals surface area contributed by atoms with Crippen LogP contribution in [0.3, 0.4) is 0 Å². The summed E-state index contributed by atoms with van der Waals surface area (Å²) in [6.07, 6.45) is 1.84. The number of para-hydroxylation sites is 1. The summed E-state index contributed by atoms with van der Waals surface area (Å²) >= 11 is 0. The Morgan fingerprint density at radius 2 is 1.67 bits per heavy atom. The zero-order valence-electron chi connectivity index (χ0n) is 13.9. The molecule has 0 bridgehead atoms. The first kappa shape index (κ1) is 18.4. The van der Waals surface area contributed by atoms with Gasteiger partial charge in [-0.25, -0.2) is 0 Å². The molecule has 1 N–H and O–H groups in total. The summed E-state index contributed by atoms with van der Waals surface area (Å²) in [4.78, 5) is 4.33. The van der Waals surface area contributed by atoms with Crippen LogP contribution < -0.4 is 0 Å². The predicted molar refractivity (Wildman–Crippen MR) is 96.4 cm³/mol. The molecule has 0 aliphatic rings. The van der Waals surface area contributed by atoms with Crippen LogP contribution in [0.5, 0.6) is 5.75 Å². The van der Waals surface area contributed by atoms with Gasteiger partial charge in [0.05, 0.1) is 25.1 Å². The van der Waals surface area contributed by atoms with Crippen LogP contribution in [0.15, 0.2) is 53.5 Å². The molecule has 0 amide bonds. The monoisotopic (exact) mass is 347 g/mol. The molecular weight excluding hydrogens is 325 g/mol. The molecule has 0 saturated heterocycles. The highest BCUT2D eigenvalue weighted by atomic mass is 31.2. The minimum absolute atomic E-state index is 0.187. The summed E-state index contributed by atoms with van der Waals surface area (Å²) in [6.45, 7) is 4.28. The van der Waals surface area contributed by atoms with E-state index in [2.05, 4.69) is 4.99 Å². The highest BCUT2D eigenvalue weighted by molar-refractivity contribution is 7.53. The van der Waals surface area contributed by atoms with E-state index in [0.717, 1.165) is 11.3 Å². The molecule has 2 aromatic rings. The van der Waals surface area contributed by atoms with E-state index < -0.39 is 7.60 Å². The first-order chi connectivity index (χ1) is 11.6. The minimum Gasteiger partial charge on any atom is -0.507 e. The van der Waals surface area contributed by atoms with Gasteiger partial charge in [0.1, 0.15) is 5.75 Å². The van der Waals surface area contributed by atoms with Crippen molar-refractivity contribution in [1.29, 1.82) is 0 Å². The average molecular weight is 347 g/mol. The summed E-state index contributed by atoms with van der Waals surface area (Å²) in [5, 5.41) is 9.71. The van der Waals surface area contributed by atoms with Gasteiger partial charge < -0.3 is 14.2 Å². The molecule has 128 valence electrons. The van der Waals surface area contributed by atoms with Crippen molar-refractivity contribution in [1.82, 2.24) is 0 Å². The number of rotatable bonds is 8. The highest BCUT2D eigenvalue weighted by Crippen LogP contribution is 2.51. The Hall–Kier alpha value is -1.94. The molecule has 2 rings (SSSR count). The van der Waals surface area contributed by atoms with E-state index in [1.807, 2.05) is 30.3 Å². The molecule has 0 aromatic heterocycles. The van der Waals surface area contributed by atoms with Crippen molar-refractivity contribution in [3.05, 3.63) is 59.7 Å². The SMILES string of the molecule is CCOP(=O)(Cc1ccc(N=Cc2ccccc2O)cc1)OCC. The lowest BCUT2D eigenvalue weighted by atomic mass is 10.2. The Morgan fingerprint density at radius 3 is 2.25 bits per heavy atom. The standard InChI is InChI=1S/C18H22NO4P/c1-3-22-24(21,23-4-2)14-15-9-11-17(12-10-15)19-13-16-7-5-6-8-18(16)20/h5-13,20H,3-4,14H2,1-2H3. The molecule has 0 fully saturated rings. The number of nitrogens with zero attached hydrogens (tertiary/aromatic N) is 1. The van der Waals surface area contributed by atoms with E-state index in [4.69, 9.17) is 9.05 Å². The number of benzene rings is 2. The van der Waals surface area contributed by atoms with Gasteiger partial charge in [-0.1, -0.05) is 24.3 Å². The maximum Gasteiger partial charge on any atom is 0.335 e. The number of hydrogen-bond acceptors (Lipinski definition) is 5. The summed E-state index contributed by atoms with van der Waals surface area (Å²) in [6, 6.07) is 14.4. The van der Waals surface area contributed by atoms with Crippen molar-refractivity contribution in [2.75, 3.05) is 13.2 Å². The van der Waals surface area contributed by atoms with Crippen molar-refractivity contribution in [2.45, 2.75) is 20.0 Å². The van der Waals surface area contributed by atoms with E-state index in [1.165, 1.54) is 0 Å². The second-order valence-corrected chi connectivity index (χ2v) is 7.14. The Labute approximate surface area is 142 Å². The molecule has 6 heteroatoms. The number of phenolic OH excluding ortho intramolecular Hbond substituents is 1. The largest absolute Gasteiger partial charge is 0.507 e. The fraction of sp³-hybridized carbons (Fsp3) is 0.278. The Kier molecular flexibility index (Phi) is 6.73. The lowest BCUT2D eigenvalue weighted by molar-refractivity contribution is 0.219. The average Bonchev–Trinajstić information content (AvgIpc) is 2.56. The molecule has 0 saturated carbocycles. The third-order valence-electron chi connectivity index (χ3n) is 3.25. The summed E-state index contributed by atoms with van der Waals surface area (Å²) in [7, 11) is -3.10. The quantitative estimate of drug-likeness (QED) is 0.544. The summed E-state index contributed by atoms with van der Waals surface area (Å²) < 4.78 is 23.1. The van der Waals surface area contributed by atoms with Gasteiger partial charge in [0, 0.05) is 11.8 Å². The summed E-state index contributed by atoms with van der Waals surface area (Å²) in [5.74, 6) is 0.187. The van der Waals surface area contributed by atoms with Gasteiger partial charge >= 0.3 is 7.60 Å². The number of aromatic hydroxyl groups is 1. The van der Waals surface area contributed by atoms with Crippen molar-refractivity contribution in [3.63, 3.8) is 0 Å². The molecule has 0 unspecified atom stereocenters. The molecule has 24 heavy (non-hydrogen) atoms. The van der Waals surface area contributed by atoms with Gasteiger partial charge in [0.25, 0.3) is 0 Å². The van der Waals surface area contributed by atoms with Crippen LogP contribution in [0, 0.1) is 0 Å². The fourth-order valence-corrected chi connectivity index (χ4v) is 3.88. The molecule has 0 spiro atoms. The Balaban J connectivity index is 2.07. The highest BCUT2D eigenvalue weighted by Gasteiger charge is 2.23. The van der Waals surface area contributed by atoms with Gasteiger partial charge in [-0.15, -0.1) is 0 Å². The first-order valence-corrected chi connectivity index (χ1v) is 9.58. The molecule has 0 aliphatic heterocycles. The van der Waals surface area contributed by atoms with Gasteiger partial charge in [0.15, 0.2) is 0 Å². The predicted octanol–water partition coefficient (Wildman–Crippen LogP) is 4.91. The van der Waals surface area contributed by atoms with Crippen molar-refractivity contribution in [2.24, 2.45) is 4.99 Å². The second kappa shape index (κ2) is 8.78. The Bertz CT molecular complexity index is 718. The molecule has 0 radical (unpaired) electrons. The van der Waals surface area contributed by atoms with E-state index in [-0.39, 0.29) is 11.9 Å². The zero-order valence-corrected chi connectivity index (χ0v) is 14.8. The normalized spacial score (nSPS) is 11.9. The molecule has 5 nitrogen and oxygen atoms in total. The van der Waals surface area contributed by atoms with Gasteiger partial charge in [-0.2, -0.15) is 0 Å². The van der Waals surface area contributed by atoms with E-state index in [1.54, 1.807) is 38.3 Å². The number of hydrogen-bond donors (Lipinski definition) is 1. The number of phenols is 1. The van der Waals surface area contributed by atoms with Crippen molar-refractivity contribution in [3.8, 4) is 5.75 Å². The van der Waals surface area contributed by atoms with Crippen LogP contribution >= 0.6 is 7.60 Å². The van der Waals surface area contributed by atoms with Crippen LogP contribution in [0.4, 0.5) is 5.69 Å². The van der Waals surface area contributed by atoms with E-state index in [9.17, 15) is 9.67 Å². The van der Waals surface area contributed by atoms with Crippen LogP contribution in [0.1, 0.15) is 25.0 Å². The van der Waals surface area contributed by atoms with E-state index in [0.29, 0.717) is 18.8 Å². The third-order valence-corrected chi connectivity index (χ3v) is 5.31. The van der Waals surface area contributed by atoms with E-state index >= 15 is 0 Å². The van der Waals surface area contributed by atoms with Crippen LogP contribution in [0.2, 0.25) is 0 Å². The lowest BCUT2D eigenvalue weighted by Crippen LogP contribution is -1.98. The minimum atomic E-state index is -3.10. The lowest BCUT2D eigenvalue weighted by Gasteiger charge is -2.16. The zero-order chi connectivity index (χ0) is 17.4. The number of aliphatic imine (C=N–C) groups is 1. The fourth-order valence-electron chi connectivity index (χ4n) is 2.17. The second-order valence-electron chi connectivity index (χ2n) is 5.09. The van der Waals surface area contributed by atoms with Crippen molar-refractivity contribution >= 4 is 19.5 Å². The maximum atomic E-state index is 12.5. The topological polar surface area (TPSA) is 68.1 Å². The third kappa shape index (κ3) is 5.31. The molecule has 2 aromatic carbocycles. The van der Waals surface area contributed by atoms with Crippen LogP contribution in [-0.4, -0.2) is 24.5 Å². The smallest absolute Gasteiger partial charge is 0.335 e. The van der Waals surface area contributed by atoms with Gasteiger partial charge in [-0.05, 0) is 43.7 Å². The molecule has 0 atom stereocenters. The molecule has 0 aliphatic carbocycles. The van der Waals surface area contributed by atoms with Gasteiger partial charge in [0.2, 0.25) is 0 Å². The van der Waals surface area contributed by atoms with Crippen LogP contribution in [0.25, 0.3) is 0 Å². The Morgan fingerprint density at radius 1 is 1.04 bits per heavy atom. The van der Waals surface area contributed by atoms with Gasteiger partial charge in [-0.3, -0.25) is 9.56 Å². The van der Waals surface area contributed by atoms with Crippen molar-refractivity contribution < 1.29 is 18.7 Å². The first-order valence-electron chi connectivity index (χ1n) is 7.85. The summed E-state index contributed by atoms with van der Waals surface area (Å²) in [5.41, 5.74) is 2.25. The molecular formula is C18H22NO4P. The van der Waals surface area contributed by atoms with Crippen LogP contribution in [-0.2, 0) is 19.8 Å².